The lowest BCUT2D eigenvalue weighted by Gasteiger charge is -2.32. The number of H-pyrrole nitrogens is 3. The molecule has 2 unspecified atom stereocenters. The van der Waals surface area contributed by atoms with E-state index >= 15 is 0 Å². The second kappa shape index (κ2) is 12.5. The van der Waals surface area contributed by atoms with Crippen LogP contribution in [0.15, 0.2) is 47.6 Å². The lowest BCUT2D eigenvalue weighted by Crippen LogP contribution is -2.37. The lowest BCUT2D eigenvalue weighted by molar-refractivity contribution is -0.114. The van der Waals surface area contributed by atoms with Crippen molar-refractivity contribution in [3.8, 4) is 0 Å². The van der Waals surface area contributed by atoms with Crippen LogP contribution < -0.4 is 0 Å². The summed E-state index contributed by atoms with van der Waals surface area (Å²) in [5.74, 6) is 0. The van der Waals surface area contributed by atoms with E-state index in [1.54, 1.807) is 57.1 Å². The molecule has 0 amide bonds. The maximum absolute atomic E-state index is 6.30. The Bertz CT molecular complexity index is 828. The van der Waals surface area contributed by atoms with Crippen LogP contribution >= 0.6 is 0 Å². The first-order chi connectivity index (χ1) is 15.3. The molecule has 3 N–H and O–H groups in total. The van der Waals surface area contributed by atoms with Crippen molar-refractivity contribution in [3.05, 3.63) is 54.7 Å². The molecular formula is C20H29N9O2. The number of methoxy groups -OCH3 is 1. The molecule has 0 bridgehead atoms. The molecule has 11 heteroatoms. The predicted octanol–water partition coefficient (Wildman–Crippen LogP) is 1.45. The number of rotatable bonds is 14. The Kier molecular flexibility index (Phi) is 9.10. The summed E-state index contributed by atoms with van der Waals surface area (Å²) in [6, 6.07) is 0. The molecule has 3 aromatic heterocycles. The summed E-state index contributed by atoms with van der Waals surface area (Å²) >= 11 is 0. The Morgan fingerprint density at radius 1 is 0.935 bits per heavy atom. The summed E-state index contributed by atoms with van der Waals surface area (Å²) in [6.07, 6.45) is 13.3. The van der Waals surface area contributed by atoms with E-state index in [9.17, 15) is 0 Å². The second-order valence-corrected chi connectivity index (χ2v) is 6.88. The van der Waals surface area contributed by atoms with Crippen molar-refractivity contribution >= 4 is 12.4 Å². The fourth-order valence-corrected chi connectivity index (χ4v) is 2.97. The maximum Gasteiger partial charge on any atom is 0.153 e. The molecule has 0 aliphatic rings. The normalized spacial score (nSPS) is 14.2. The van der Waals surface area contributed by atoms with Gasteiger partial charge in [0.25, 0.3) is 0 Å². The summed E-state index contributed by atoms with van der Waals surface area (Å²) in [6.45, 7) is 5.01. The first-order valence-electron chi connectivity index (χ1n) is 10.1. The van der Waals surface area contributed by atoms with Crippen molar-refractivity contribution in [2.75, 3.05) is 39.9 Å². The third kappa shape index (κ3) is 7.55. The van der Waals surface area contributed by atoms with Crippen molar-refractivity contribution in [2.24, 2.45) is 9.98 Å². The van der Waals surface area contributed by atoms with E-state index in [-0.39, 0.29) is 12.3 Å². The van der Waals surface area contributed by atoms with E-state index in [1.165, 1.54) is 0 Å². The number of aliphatic imine (C=N–C) groups is 2. The standard InChI is InChI=1S/C20H29N9O2/c1-16(12-30-2)31-20(19-11-25-15-28-19)29(5-3-21-7-17-9-23-13-26-17)6-4-22-8-18-10-24-14-27-18/h7-11,13-16,20H,3-6,12H2,1-2H3,(H,23,26)(H,24,27)(H,25,28). The largest absolute Gasteiger partial charge is 0.382 e. The van der Waals surface area contributed by atoms with E-state index in [2.05, 4.69) is 44.8 Å². The zero-order chi connectivity index (χ0) is 21.7. The first-order valence-corrected chi connectivity index (χ1v) is 10.1. The molecule has 0 radical (unpaired) electrons. The van der Waals surface area contributed by atoms with Crippen molar-refractivity contribution in [1.82, 2.24) is 34.8 Å². The van der Waals surface area contributed by atoms with Crippen LogP contribution in [0.2, 0.25) is 0 Å². The summed E-state index contributed by atoms with van der Waals surface area (Å²) in [4.78, 5) is 32.6. The fraction of sp³-hybridized carbons (Fsp3) is 0.450. The van der Waals surface area contributed by atoms with Gasteiger partial charge >= 0.3 is 0 Å². The number of ether oxygens (including phenoxy) is 2. The number of nitrogens with zero attached hydrogens (tertiary/aromatic N) is 6. The molecule has 3 rings (SSSR count). The van der Waals surface area contributed by atoms with Crippen LogP contribution in [0, 0.1) is 0 Å². The van der Waals surface area contributed by atoms with Gasteiger partial charge in [-0.3, -0.25) is 14.9 Å². The van der Waals surface area contributed by atoms with E-state index in [4.69, 9.17) is 9.47 Å². The zero-order valence-electron chi connectivity index (χ0n) is 17.8. The van der Waals surface area contributed by atoms with Crippen LogP contribution in [0.4, 0.5) is 0 Å². The highest BCUT2D eigenvalue weighted by Gasteiger charge is 2.24. The number of aromatic amines is 3. The summed E-state index contributed by atoms with van der Waals surface area (Å²) < 4.78 is 11.5. The molecule has 0 fully saturated rings. The maximum atomic E-state index is 6.30. The van der Waals surface area contributed by atoms with Crippen molar-refractivity contribution < 1.29 is 9.47 Å². The average Bonchev–Trinajstić information content (AvgIpc) is 3.55. The van der Waals surface area contributed by atoms with Gasteiger partial charge in [0.2, 0.25) is 0 Å². The molecule has 0 saturated carbocycles. The number of hydrogen-bond donors (Lipinski definition) is 3. The third-order valence-electron chi connectivity index (χ3n) is 4.41. The van der Waals surface area contributed by atoms with Gasteiger partial charge in [0.05, 0.1) is 80.5 Å². The summed E-state index contributed by atoms with van der Waals surface area (Å²) in [5.41, 5.74) is 2.61. The zero-order valence-corrected chi connectivity index (χ0v) is 17.8. The molecule has 3 heterocycles. The monoisotopic (exact) mass is 427 g/mol. The average molecular weight is 428 g/mol. The summed E-state index contributed by atoms with van der Waals surface area (Å²) in [7, 11) is 1.66. The molecular weight excluding hydrogens is 398 g/mol. The van der Waals surface area contributed by atoms with Gasteiger partial charge in [-0.05, 0) is 6.92 Å². The van der Waals surface area contributed by atoms with Crippen LogP contribution in [-0.2, 0) is 9.47 Å². The molecule has 3 aromatic rings. The Morgan fingerprint density at radius 3 is 2.00 bits per heavy atom. The summed E-state index contributed by atoms with van der Waals surface area (Å²) in [5, 5.41) is 0. The Morgan fingerprint density at radius 2 is 1.52 bits per heavy atom. The highest BCUT2D eigenvalue weighted by atomic mass is 16.5. The Balaban J connectivity index is 1.67. The van der Waals surface area contributed by atoms with Gasteiger partial charge in [0.1, 0.15) is 0 Å². The SMILES string of the molecule is COCC(C)OC(c1cnc[nH]1)N(CCN=Cc1cnc[nH]1)CCN=Cc1cnc[nH]1. The van der Waals surface area contributed by atoms with Gasteiger partial charge < -0.3 is 24.4 Å². The molecule has 0 spiro atoms. The number of hydrogen-bond acceptors (Lipinski definition) is 8. The van der Waals surface area contributed by atoms with Crippen molar-refractivity contribution in [2.45, 2.75) is 19.3 Å². The van der Waals surface area contributed by atoms with Gasteiger partial charge in [-0.25, -0.2) is 15.0 Å². The van der Waals surface area contributed by atoms with Crippen LogP contribution in [0.1, 0.15) is 30.2 Å². The fourth-order valence-electron chi connectivity index (χ4n) is 2.97. The second-order valence-electron chi connectivity index (χ2n) is 6.88. The Labute approximate surface area is 181 Å². The molecule has 0 saturated heterocycles. The third-order valence-corrected chi connectivity index (χ3v) is 4.41. The van der Waals surface area contributed by atoms with Gasteiger partial charge in [-0.15, -0.1) is 0 Å². The molecule has 2 atom stereocenters. The highest BCUT2D eigenvalue weighted by Crippen LogP contribution is 2.22. The van der Waals surface area contributed by atoms with Crippen LogP contribution in [0.25, 0.3) is 0 Å². The van der Waals surface area contributed by atoms with Gasteiger partial charge in [-0.2, -0.15) is 0 Å². The highest BCUT2D eigenvalue weighted by molar-refractivity contribution is 5.76. The smallest absolute Gasteiger partial charge is 0.153 e. The Hall–Kier alpha value is -3.15. The molecule has 0 aliphatic heterocycles. The minimum atomic E-state index is -0.322. The van der Waals surface area contributed by atoms with Crippen molar-refractivity contribution in [3.63, 3.8) is 0 Å². The van der Waals surface area contributed by atoms with E-state index in [0.29, 0.717) is 32.8 Å². The number of nitrogens with one attached hydrogen (secondary N) is 3. The lowest BCUT2D eigenvalue weighted by atomic mass is 10.3. The van der Waals surface area contributed by atoms with Crippen LogP contribution in [0.3, 0.4) is 0 Å². The van der Waals surface area contributed by atoms with Crippen molar-refractivity contribution in [1.29, 1.82) is 0 Å². The quantitative estimate of drug-likeness (QED) is 0.263. The van der Waals surface area contributed by atoms with Crippen LogP contribution in [-0.4, -0.2) is 93.2 Å². The van der Waals surface area contributed by atoms with Crippen LogP contribution in [0.5, 0.6) is 0 Å². The molecule has 0 aromatic carbocycles. The first kappa shape index (κ1) is 22.5. The molecule has 0 aliphatic carbocycles. The van der Waals surface area contributed by atoms with E-state index in [0.717, 1.165) is 17.1 Å². The predicted molar refractivity (Wildman–Crippen MR) is 117 cm³/mol. The van der Waals surface area contributed by atoms with Gasteiger partial charge in [-0.1, -0.05) is 0 Å². The molecule has 166 valence electrons. The van der Waals surface area contributed by atoms with Gasteiger partial charge in [0.15, 0.2) is 6.23 Å². The van der Waals surface area contributed by atoms with E-state index in [1.807, 2.05) is 6.92 Å². The van der Waals surface area contributed by atoms with E-state index < -0.39 is 0 Å². The molecule has 31 heavy (non-hydrogen) atoms. The van der Waals surface area contributed by atoms with Gasteiger partial charge in [0, 0.05) is 32.6 Å². The number of imidazole rings is 3. The minimum Gasteiger partial charge on any atom is -0.382 e. The number of aromatic nitrogens is 6. The topological polar surface area (TPSA) is 132 Å². The molecule has 11 nitrogen and oxygen atoms in total. The minimum absolute atomic E-state index is 0.0946.